The summed E-state index contributed by atoms with van der Waals surface area (Å²) in [4.78, 5) is 24.2. The summed E-state index contributed by atoms with van der Waals surface area (Å²) in [6.45, 7) is 1.10. The number of benzene rings is 2. The molecule has 0 aliphatic carbocycles. The molecular formula is C24H30N2O6S. The predicted octanol–water partition coefficient (Wildman–Crippen LogP) is 2.66. The SMILES string of the molecule is COc1ccc(CNC(=O)COC(=O)CCc2ccc(S(=O)(=O)N3CCCCC3)cc2)cc1. The second-order valence-electron chi connectivity index (χ2n) is 7.89. The summed E-state index contributed by atoms with van der Waals surface area (Å²) in [5, 5.41) is 2.70. The third kappa shape index (κ3) is 7.30. The highest BCUT2D eigenvalue weighted by molar-refractivity contribution is 7.89. The Bertz CT molecular complexity index is 1030. The Morgan fingerprint density at radius 1 is 0.939 bits per heavy atom. The number of nitrogens with zero attached hydrogens (tertiary/aromatic N) is 1. The zero-order chi connectivity index (χ0) is 23.7. The van der Waals surface area contributed by atoms with Gasteiger partial charge < -0.3 is 14.8 Å². The molecular weight excluding hydrogens is 444 g/mol. The van der Waals surface area contributed by atoms with E-state index in [4.69, 9.17) is 9.47 Å². The van der Waals surface area contributed by atoms with Crippen LogP contribution < -0.4 is 10.1 Å². The van der Waals surface area contributed by atoms with Crippen molar-refractivity contribution in [2.45, 2.75) is 43.5 Å². The number of hydrogen-bond donors (Lipinski definition) is 1. The van der Waals surface area contributed by atoms with E-state index in [-0.39, 0.29) is 23.8 Å². The molecule has 9 heteroatoms. The Balaban J connectivity index is 1.38. The summed E-state index contributed by atoms with van der Waals surface area (Å²) in [7, 11) is -1.88. The normalized spacial score (nSPS) is 14.5. The van der Waals surface area contributed by atoms with Crippen molar-refractivity contribution in [2.24, 2.45) is 0 Å². The Kier molecular flexibility index (Phi) is 8.85. The van der Waals surface area contributed by atoms with Gasteiger partial charge in [0.15, 0.2) is 6.61 Å². The van der Waals surface area contributed by atoms with E-state index in [0.29, 0.717) is 26.1 Å². The van der Waals surface area contributed by atoms with Crippen molar-refractivity contribution in [3.05, 3.63) is 59.7 Å². The van der Waals surface area contributed by atoms with Crippen molar-refractivity contribution in [3.8, 4) is 5.75 Å². The molecule has 1 saturated heterocycles. The van der Waals surface area contributed by atoms with Gasteiger partial charge >= 0.3 is 5.97 Å². The molecule has 1 aliphatic heterocycles. The lowest BCUT2D eigenvalue weighted by molar-refractivity contribution is -0.148. The van der Waals surface area contributed by atoms with Crippen molar-refractivity contribution in [1.82, 2.24) is 9.62 Å². The van der Waals surface area contributed by atoms with Crippen LogP contribution in [0.5, 0.6) is 5.75 Å². The van der Waals surface area contributed by atoms with Crippen molar-refractivity contribution in [3.63, 3.8) is 0 Å². The minimum absolute atomic E-state index is 0.101. The van der Waals surface area contributed by atoms with Crippen molar-refractivity contribution in [1.29, 1.82) is 0 Å². The lowest BCUT2D eigenvalue weighted by Crippen LogP contribution is -2.35. The minimum atomic E-state index is -3.47. The third-order valence-electron chi connectivity index (χ3n) is 5.51. The van der Waals surface area contributed by atoms with Gasteiger partial charge in [0, 0.05) is 26.1 Å². The number of carbonyl (C=O) groups excluding carboxylic acids is 2. The molecule has 0 radical (unpaired) electrons. The summed E-state index contributed by atoms with van der Waals surface area (Å²) in [6, 6.07) is 13.9. The average Bonchev–Trinajstić information content (AvgIpc) is 2.86. The van der Waals surface area contributed by atoms with E-state index in [2.05, 4.69) is 5.32 Å². The highest BCUT2D eigenvalue weighted by Crippen LogP contribution is 2.21. The van der Waals surface area contributed by atoms with Crippen molar-refractivity contribution in [2.75, 3.05) is 26.8 Å². The van der Waals surface area contributed by atoms with Crippen molar-refractivity contribution < 1.29 is 27.5 Å². The Labute approximate surface area is 194 Å². The van der Waals surface area contributed by atoms with Gasteiger partial charge in [0.05, 0.1) is 12.0 Å². The fraction of sp³-hybridized carbons (Fsp3) is 0.417. The van der Waals surface area contributed by atoms with Gasteiger partial charge in [-0.05, 0) is 54.7 Å². The number of esters is 1. The standard InChI is InChI=1S/C24H30N2O6S/c1-31-21-10-5-20(6-11-21)17-25-23(27)18-32-24(28)14-9-19-7-12-22(13-8-19)33(29,30)26-15-3-2-4-16-26/h5-8,10-13H,2-4,9,14-18H2,1H3,(H,25,27). The summed E-state index contributed by atoms with van der Waals surface area (Å²) < 4.78 is 37.0. The quantitative estimate of drug-likeness (QED) is 0.531. The maximum absolute atomic E-state index is 12.7. The highest BCUT2D eigenvalue weighted by atomic mass is 32.2. The van der Waals surface area contributed by atoms with E-state index < -0.39 is 16.0 Å². The third-order valence-corrected chi connectivity index (χ3v) is 7.42. The molecule has 2 aromatic carbocycles. The van der Waals surface area contributed by atoms with E-state index in [1.54, 1.807) is 43.5 Å². The van der Waals surface area contributed by atoms with Gasteiger partial charge in [0.2, 0.25) is 10.0 Å². The second kappa shape index (κ2) is 11.8. The number of sulfonamides is 1. The van der Waals surface area contributed by atoms with Crippen LogP contribution in [0.25, 0.3) is 0 Å². The number of rotatable bonds is 10. The molecule has 0 bridgehead atoms. The van der Waals surface area contributed by atoms with Crippen LogP contribution in [0.2, 0.25) is 0 Å². The summed E-state index contributed by atoms with van der Waals surface area (Å²) in [5.74, 6) is -0.136. The molecule has 3 rings (SSSR count). The number of ether oxygens (including phenoxy) is 2. The van der Waals surface area contributed by atoms with Crippen LogP contribution in [0, 0.1) is 0 Å². The summed E-state index contributed by atoms with van der Waals surface area (Å²) in [6.07, 6.45) is 3.34. The molecule has 0 saturated carbocycles. The lowest BCUT2D eigenvalue weighted by atomic mass is 10.1. The van der Waals surface area contributed by atoms with Gasteiger partial charge in [0.25, 0.3) is 5.91 Å². The van der Waals surface area contributed by atoms with E-state index in [1.807, 2.05) is 12.1 Å². The first-order valence-corrected chi connectivity index (χ1v) is 12.5. The first kappa shape index (κ1) is 24.7. The van der Waals surface area contributed by atoms with Gasteiger partial charge in [-0.3, -0.25) is 9.59 Å². The molecule has 1 heterocycles. The lowest BCUT2D eigenvalue weighted by Gasteiger charge is -2.25. The molecule has 0 spiro atoms. The van der Waals surface area contributed by atoms with E-state index >= 15 is 0 Å². The molecule has 8 nitrogen and oxygen atoms in total. The Hall–Kier alpha value is -2.91. The number of piperidine rings is 1. The van der Waals surface area contributed by atoms with Crippen LogP contribution >= 0.6 is 0 Å². The number of nitrogens with one attached hydrogen (secondary N) is 1. The Morgan fingerprint density at radius 3 is 2.21 bits per heavy atom. The summed E-state index contributed by atoms with van der Waals surface area (Å²) in [5.41, 5.74) is 1.73. The second-order valence-corrected chi connectivity index (χ2v) is 9.83. The maximum atomic E-state index is 12.7. The van der Waals surface area contributed by atoms with Crippen molar-refractivity contribution >= 4 is 21.9 Å². The van der Waals surface area contributed by atoms with Crippen LogP contribution in [-0.4, -0.2) is 51.4 Å². The zero-order valence-corrected chi connectivity index (χ0v) is 19.6. The fourth-order valence-corrected chi connectivity index (χ4v) is 5.06. The zero-order valence-electron chi connectivity index (χ0n) is 18.8. The molecule has 2 aromatic rings. The number of hydrogen-bond acceptors (Lipinski definition) is 6. The fourth-order valence-electron chi connectivity index (χ4n) is 3.54. The molecule has 178 valence electrons. The van der Waals surface area contributed by atoms with Gasteiger partial charge in [-0.1, -0.05) is 30.7 Å². The predicted molar refractivity (Wildman–Crippen MR) is 123 cm³/mol. The van der Waals surface area contributed by atoms with Gasteiger partial charge in [-0.25, -0.2) is 8.42 Å². The Morgan fingerprint density at radius 2 is 1.58 bits per heavy atom. The smallest absolute Gasteiger partial charge is 0.306 e. The number of methoxy groups -OCH3 is 1. The summed E-state index contributed by atoms with van der Waals surface area (Å²) >= 11 is 0. The maximum Gasteiger partial charge on any atom is 0.306 e. The largest absolute Gasteiger partial charge is 0.497 e. The molecule has 1 amide bonds. The van der Waals surface area contributed by atoms with Gasteiger partial charge in [-0.2, -0.15) is 4.31 Å². The number of amides is 1. The van der Waals surface area contributed by atoms with E-state index in [0.717, 1.165) is 36.1 Å². The molecule has 1 fully saturated rings. The first-order valence-electron chi connectivity index (χ1n) is 11.0. The van der Waals surface area contributed by atoms with Crippen LogP contribution in [0.1, 0.15) is 36.8 Å². The monoisotopic (exact) mass is 474 g/mol. The van der Waals surface area contributed by atoms with Crippen LogP contribution in [0.3, 0.4) is 0 Å². The van der Waals surface area contributed by atoms with Crippen LogP contribution in [-0.2, 0) is 37.3 Å². The van der Waals surface area contributed by atoms with E-state index in [1.165, 1.54) is 4.31 Å². The first-order chi connectivity index (χ1) is 15.9. The minimum Gasteiger partial charge on any atom is -0.497 e. The molecule has 1 N–H and O–H groups in total. The van der Waals surface area contributed by atoms with Crippen LogP contribution in [0.4, 0.5) is 0 Å². The number of aryl methyl sites for hydroxylation is 1. The average molecular weight is 475 g/mol. The molecule has 0 unspecified atom stereocenters. The molecule has 0 aromatic heterocycles. The molecule has 33 heavy (non-hydrogen) atoms. The van der Waals surface area contributed by atoms with Gasteiger partial charge in [-0.15, -0.1) is 0 Å². The molecule has 1 aliphatic rings. The number of carbonyl (C=O) groups is 2. The highest BCUT2D eigenvalue weighted by Gasteiger charge is 2.25. The van der Waals surface area contributed by atoms with Gasteiger partial charge in [0.1, 0.15) is 5.75 Å². The molecule has 0 atom stereocenters. The van der Waals surface area contributed by atoms with E-state index in [9.17, 15) is 18.0 Å². The topological polar surface area (TPSA) is 102 Å². The van der Waals surface area contributed by atoms with Crippen LogP contribution in [0.15, 0.2) is 53.4 Å².